The molecule has 0 aliphatic heterocycles. The summed E-state index contributed by atoms with van der Waals surface area (Å²) in [5, 5.41) is 0. The van der Waals surface area contributed by atoms with E-state index < -0.39 is 10.0 Å². The fraction of sp³-hybridized carbons (Fsp3) is 0.167. The zero-order valence-electron chi connectivity index (χ0n) is 10.5. The van der Waals surface area contributed by atoms with Crippen LogP contribution in [0.2, 0.25) is 0 Å². The highest BCUT2D eigenvalue weighted by Crippen LogP contribution is 2.15. The predicted octanol–water partition coefficient (Wildman–Crippen LogP) is 1.59. The number of hydrogen-bond acceptors (Lipinski definition) is 5. The lowest BCUT2D eigenvalue weighted by atomic mass is 10.2. The average molecular weight is 279 g/mol. The van der Waals surface area contributed by atoms with Crippen LogP contribution in [0, 0.1) is 6.92 Å². The molecule has 1 aromatic carbocycles. The first-order valence-corrected chi connectivity index (χ1v) is 6.95. The van der Waals surface area contributed by atoms with Crippen LogP contribution < -0.4 is 9.46 Å². The maximum absolute atomic E-state index is 12.1. The van der Waals surface area contributed by atoms with Crippen LogP contribution in [0.5, 0.6) is 6.01 Å². The van der Waals surface area contributed by atoms with Crippen molar-refractivity contribution >= 4 is 15.7 Å². The number of methoxy groups -OCH3 is 1. The molecule has 0 amide bonds. The third-order valence-corrected chi connectivity index (χ3v) is 3.79. The lowest BCUT2D eigenvalue weighted by Crippen LogP contribution is -2.13. The molecule has 0 radical (unpaired) electrons. The number of nitrogens with zero attached hydrogens (tertiary/aromatic N) is 2. The Hall–Kier alpha value is -2.15. The van der Waals surface area contributed by atoms with Gasteiger partial charge in [-0.25, -0.2) is 18.4 Å². The predicted molar refractivity (Wildman–Crippen MR) is 70.6 cm³/mol. The van der Waals surface area contributed by atoms with Crippen LogP contribution in [0.25, 0.3) is 0 Å². The molecule has 0 bridgehead atoms. The van der Waals surface area contributed by atoms with Crippen molar-refractivity contribution in [3.8, 4) is 6.01 Å². The summed E-state index contributed by atoms with van der Waals surface area (Å²) in [6, 6.07) is 6.74. The van der Waals surface area contributed by atoms with Crippen molar-refractivity contribution in [1.29, 1.82) is 0 Å². The highest BCUT2D eigenvalue weighted by molar-refractivity contribution is 7.92. The fourth-order valence-electron chi connectivity index (χ4n) is 1.41. The molecular formula is C12H13N3O3S. The molecule has 1 aromatic heterocycles. The lowest BCUT2D eigenvalue weighted by molar-refractivity contribution is 0.380. The van der Waals surface area contributed by atoms with Gasteiger partial charge in [0.1, 0.15) is 0 Å². The highest BCUT2D eigenvalue weighted by Gasteiger charge is 2.14. The molecule has 0 aliphatic carbocycles. The van der Waals surface area contributed by atoms with Gasteiger partial charge in [-0.1, -0.05) is 17.7 Å². The largest absolute Gasteiger partial charge is 0.467 e. The molecule has 0 saturated carbocycles. The average Bonchev–Trinajstić information content (AvgIpc) is 2.40. The van der Waals surface area contributed by atoms with Crippen molar-refractivity contribution in [3.63, 3.8) is 0 Å². The maximum atomic E-state index is 12.1. The fourth-order valence-corrected chi connectivity index (χ4v) is 2.43. The normalized spacial score (nSPS) is 11.1. The molecule has 0 saturated heterocycles. The molecule has 2 rings (SSSR count). The smallest absolute Gasteiger partial charge is 0.316 e. The maximum Gasteiger partial charge on any atom is 0.316 e. The second kappa shape index (κ2) is 5.23. The van der Waals surface area contributed by atoms with Gasteiger partial charge in [0.25, 0.3) is 10.0 Å². The first-order chi connectivity index (χ1) is 9.01. The molecule has 0 fully saturated rings. The quantitative estimate of drug-likeness (QED) is 0.919. The second-order valence-electron chi connectivity index (χ2n) is 3.88. The van der Waals surface area contributed by atoms with E-state index in [-0.39, 0.29) is 16.6 Å². The number of hydrogen-bond donors (Lipinski definition) is 1. The molecule has 6 nitrogen and oxygen atoms in total. The molecule has 1 heterocycles. The van der Waals surface area contributed by atoms with Gasteiger partial charge in [0.2, 0.25) is 0 Å². The third-order valence-electron chi connectivity index (χ3n) is 2.39. The van der Waals surface area contributed by atoms with Gasteiger partial charge in [-0.3, -0.25) is 4.72 Å². The molecule has 19 heavy (non-hydrogen) atoms. The van der Waals surface area contributed by atoms with E-state index in [9.17, 15) is 8.42 Å². The van der Waals surface area contributed by atoms with Gasteiger partial charge < -0.3 is 4.74 Å². The van der Waals surface area contributed by atoms with Gasteiger partial charge in [0.15, 0.2) is 0 Å². The zero-order valence-corrected chi connectivity index (χ0v) is 11.3. The Morgan fingerprint density at radius 3 is 2.21 bits per heavy atom. The highest BCUT2D eigenvalue weighted by atomic mass is 32.2. The molecule has 2 aromatic rings. The number of nitrogens with one attached hydrogen (secondary N) is 1. The van der Waals surface area contributed by atoms with E-state index >= 15 is 0 Å². The van der Waals surface area contributed by atoms with Gasteiger partial charge in [-0.05, 0) is 19.1 Å². The second-order valence-corrected chi connectivity index (χ2v) is 5.56. The Kier molecular flexibility index (Phi) is 3.66. The van der Waals surface area contributed by atoms with E-state index in [1.54, 1.807) is 24.3 Å². The van der Waals surface area contributed by atoms with Crippen LogP contribution in [0.1, 0.15) is 5.56 Å². The van der Waals surface area contributed by atoms with Crippen LogP contribution in [0.15, 0.2) is 41.6 Å². The summed E-state index contributed by atoms with van der Waals surface area (Å²) in [4.78, 5) is 7.85. The third kappa shape index (κ3) is 3.19. The summed E-state index contributed by atoms with van der Waals surface area (Å²) >= 11 is 0. The van der Waals surface area contributed by atoms with Crippen LogP contribution >= 0.6 is 0 Å². The van der Waals surface area contributed by atoms with E-state index in [2.05, 4.69) is 14.7 Å². The molecule has 1 N–H and O–H groups in total. The number of ether oxygens (including phenoxy) is 1. The van der Waals surface area contributed by atoms with Gasteiger partial charge in [0.05, 0.1) is 30.1 Å². The summed E-state index contributed by atoms with van der Waals surface area (Å²) in [7, 11) is -2.18. The van der Waals surface area contributed by atoms with E-state index in [4.69, 9.17) is 4.74 Å². The van der Waals surface area contributed by atoms with Gasteiger partial charge in [-0.15, -0.1) is 0 Å². The van der Waals surface area contributed by atoms with Crippen molar-refractivity contribution in [2.75, 3.05) is 11.8 Å². The molecule has 100 valence electrons. The minimum absolute atomic E-state index is 0.179. The van der Waals surface area contributed by atoms with Crippen LogP contribution in [-0.2, 0) is 10.0 Å². The number of rotatable bonds is 4. The standard InChI is InChI=1S/C12H13N3O3S/c1-9-3-5-11(6-4-9)19(16,17)15-10-7-13-12(18-2)14-8-10/h3-8,15H,1-2H3. The zero-order chi connectivity index (χ0) is 13.9. The SMILES string of the molecule is COc1ncc(NS(=O)(=O)c2ccc(C)cc2)cn1. The summed E-state index contributed by atoms with van der Waals surface area (Å²) in [6.07, 6.45) is 2.69. The summed E-state index contributed by atoms with van der Waals surface area (Å²) in [5.41, 5.74) is 1.27. The van der Waals surface area contributed by atoms with E-state index in [0.29, 0.717) is 0 Å². The Morgan fingerprint density at radius 2 is 1.68 bits per heavy atom. The monoisotopic (exact) mass is 279 g/mol. The number of benzene rings is 1. The minimum Gasteiger partial charge on any atom is -0.467 e. The molecular weight excluding hydrogens is 266 g/mol. The molecule has 0 spiro atoms. The van der Waals surface area contributed by atoms with Crippen LogP contribution in [0.4, 0.5) is 5.69 Å². The number of anilines is 1. The summed E-state index contributed by atoms with van der Waals surface area (Å²) in [5.74, 6) is 0. The molecule has 0 unspecified atom stereocenters. The number of sulfonamides is 1. The minimum atomic E-state index is -3.62. The Balaban J connectivity index is 2.23. The van der Waals surface area contributed by atoms with E-state index in [1.165, 1.54) is 19.5 Å². The lowest BCUT2D eigenvalue weighted by Gasteiger charge is -2.07. The van der Waals surface area contributed by atoms with Gasteiger partial charge >= 0.3 is 6.01 Å². The van der Waals surface area contributed by atoms with Crippen molar-refractivity contribution in [2.24, 2.45) is 0 Å². The van der Waals surface area contributed by atoms with E-state index in [1.807, 2.05) is 6.92 Å². The molecule has 0 aliphatic rings. The number of aromatic nitrogens is 2. The van der Waals surface area contributed by atoms with Crippen LogP contribution in [-0.4, -0.2) is 25.5 Å². The first kappa shape index (κ1) is 13.3. The van der Waals surface area contributed by atoms with Crippen molar-refractivity contribution in [3.05, 3.63) is 42.2 Å². The van der Waals surface area contributed by atoms with Crippen LogP contribution in [0.3, 0.4) is 0 Å². The molecule has 0 atom stereocenters. The first-order valence-electron chi connectivity index (χ1n) is 5.47. The Morgan fingerprint density at radius 1 is 1.11 bits per heavy atom. The van der Waals surface area contributed by atoms with Crippen molar-refractivity contribution in [2.45, 2.75) is 11.8 Å². The van der Waals surface area contributed by atoms with Crippen molar-refractivity contribution in [1.82, 2.24) is 9.97 Å². The topological polar surface area (TPSA) is 81.2 Å². The Bertz CT molecular complexity index is 652. The van der Waals surface area contributed by atoms with Gasteiger partial charge in [0, 0.05) is 0 Å². The van der Waals surface area contributed by atoms with Crippen molar-refractivity contribution < 1.29 is 13.2 Å². The summed E-state index contributed by atoms with van der Waals surface area (Å²) < 4.78 is 31.3. The number of aryl methyl sites for hydroxylation is 1. The van der Waals surface area contributed by atoms with E-state index in [0.717, 1.165) is 5.56 Å². The Labute approximate surface area is 111 Å². The molecule has 7 heteroatoms. The van der Waals surface area contributed by atoms with Gasteiger partial charge in [-0.2, -0.15) is 0 Å². The summed E-state index contributed by atoms with van der Waals surface area (Å²) in [6.45, 7) is 1.89.